The number of carbonyl (C=O) groups is 1. The Balaban J connectivity index is 2.03. The molecule has 2 aliphatic rings. The molecule has 2 N–H and O–H groups in total. The summed E-state index contributed by atoms with van der Waals surface area (Å²) >= 11 is 0. The summed E-state index contributed by atoms with van der Waals surface area (Å²) in [5.41, 5.74) is 5.96. The van der Waals surface area contributed by atoms with Crippen LogP contribution in [0.3, 0.4) is 0 Å². The average Bonchev–Trinajstić information content (AvgIpc) is 3.01. The monoisotopic (exact) mass is 281 g/mol. The maximum Gasteiger partial charge on any atom is 0.239 e. The van der Waals surface area contributed by atoms with Crippen LogP contribution in [0.4, 0.5) is 0 Å². The van der Waals surface area contributed by atoms with E-state index in [0.717, 1.165) is 26.2 Å². The summed E-state index contributed by atoms with van der Waals surface area (Å²) < 4.78 is 0. The number of hydrogen-bond donors (Lipinski definition) is 1. The van der Waals surface area contributed by atoms with Gasteiger partial charge in [0, 0.05) is 19.1 Å². The van der Waals surface area contributed by atoms with Gasteiger partial charge in [0.2, 0.25) is 5.91 Å². The first-order valence-corrected chi connectivity index (χ1v) is 8.43. The van der Waals surface area contributed by atoms with Crippen molar-refractivity contribution in [2.75, 3.05) is 26.2 Å². The molecular weight excluding hydrogens is 250 g/mol. The highest BCUT2D eigenvalue weighted by Gasteiger charge is 2.35. The van der Waals surface area contributed by atoms with E-state index in [2.05, 4.69) is 18.7 Å². The van der Waals surface area contributed by atoms with Gasteiger partial charge in [0.1, 0.15) is 0 Å². The molecule has 4 heteroatoms. The lowest BCUT2D eigenvalue weighted by Crippen LogP contribution is -2.54. The van der Waals surface area contributed by atoms with Crippen LogP contribution in [0.2, 0.25) is 0 Å². The molecule has 2 rings (SSSR count). The lowest BCUT2D eigenvalue weighted by molar-refractivity contribution is -0.137. The minimum absolute atomic E-state index is 0.00949. The van der Waals surface area contributed by atoms with Crippen molar-refractivity contribution in [3.05, 3.63) is 0 Å². The van der Waals surface area contributed by atoms with Crippen molar-refractivity contribution >= 4 is 5.91 Å². The SMILES string of the molecule is CCN(C(C)C(=O)N1CCCC1)C1CCCCC1CN. The highest BCUT2D eigenvalue weighted by atomic mass is 16.2. The van der Waals surface area contributed by atoms with Crippen LogP contribution in [0.25, 0.3) is 0 Å². The van der Waals surface area contributed by atoms with Crippen LogP contribution in [-0.2, 0) is 4.79 Å². The number of nitrogens with two attached hydrogens (primary N) is 1. The Hall–Kier alpha value is -0.610. The van der Waals surface area contributed by atoms with Crippen LogP contribution in [-0.4, -0.2) is 54.0 Å². The largest absolute Gasteiger partial charge is 0.341 e. The van der Waals surface area contributed by atoms with Gasteiger partial charge in [0.05, 0.1) is 6.04 Å². The third-order valence-corrected chi connectivity index (χ3v) is 5.24. The summed E-state index contributed by atoms with van der Waals surface area (Å²) in [5, 5.41) is 0. The second-order valence-electron chi connectivity index (χ2n) is 6.39. The smallest absolute Gasteiger partial charge is 0.239 e. The molecule has 4 nitrogen and oxygen atoms in total. The molecule has 1 heterocycles. The number of carbonyl (C=O) groups excluding carboxylic acids is 1. The normalized spacial score (nSPS) is 28.9. The number of amides is 1. The first-order chi connectivity index (χ1) is 9.69. The molecule has 2 fully saturated rings. The van der Waals surface area contributed by atoms with Gasteiger partial charge in [-0.25, -0.2) is 0 Å². The fourth-order valence-corrected chi connectivity index (χ4v) is 4.04. The van der Waals surface area contributed by atoms with Crippen molar-refractivity contribution in [1.82, 2.24) is 9.80 Å². The summed E-state index contributed by atoms with van der Waals surface area (Å²) in [5.74, 6) is 0.892. The molecule has 0 bridgehead atoms. The van der Waals surface area contributed by atoms with Gasteiger partial charge in [-0.3, -0.25) is 9.69 Å². The third kappa shape index (κ3) is 3.34. The van der Waals surface area contributed by atoms with Gasteiger partial charge in [0.25, 0.3) is 0 Å². The minimum atomic E-state index is 0.00949. The van der Waals surface area contributed by atoms with Crippen molar-refractivity contribution in [2.45, 2.75) is 64.5 Å². The topological polar surface area (TPSA) is 49.6 Å². The summed E-state index contributed by atoms with van der Waals surface area (Å²) in [4.78, 5) is 17.1. The first-order valence-electron chi connectivity index (χ1n) is 8.43. The van der Waals surface area contributed by atoms with Crippen molar-refractivity contribution in [3.63, 3.8) is 0 Å². The van der Waals surface area contributed by atoms with Crippen molar-refractivity contribution in [2.24, 2.45) is 11.7 Å². The Morgan fingerprint density at radius 2 is 1.90 bits per heavy atom. The predicted molar refractivity (Wildman–Crippen MR) is 82.5 cm³/mol. The molecule has 1 saturated heterocycles. The van der Waals surface area contributed by atoms with Crippen LogP contribution in [0, 0.1) is 5.92 Å². The van der Waals surface area contributed by atoms with E-state index in [1.807, 2.05) is 4.90 Å². The van der Waals surface area contributed by atoms with E-state index >= 15 is 0 Å². The summed E-state index contributed by atoms with van der Waals surface area (Å²) in [6.45, 7) is 7.87. The highest BCUT2D eigenvalue weighted by Crippen LogP contribution is 2.29. The lowest BCUT2D eigenvalue weighted by Gasteiger charge is -2.42. The van der Waals surface area contributed by atoms with E-state index in [0.29, 0.717) is 17.9 Å². The van der Waals surface area contributed by atoms with E-state index in [9.17, 15) is 4.79 Å². The Bertz CT molecular complexity index is 315. The summed E-state index contributed by atoms with van der Waals surface area (Å²) in [6.07, 6.45) is 7.33. The third-order valence-electron chi connectivity index (χ3n) is 5.24. The van der Waals surface area contributed by atoms with Gasteiger partial charge in [-0.2, -0.15) is 0 Å². The van der Waals surface area contributed by atoms with E-state index in [1.54, 1.807) is 0 Å². The van der Waals surface area contributed by atoms with Crippen LogP contribution in [0.1, 0.15) is 52.4 Å². The van der Waals surface area contributed by atoms with E-state index in [-0.39, 0.29) is 6.04 Å². The fraction of sp³-hybridized carbons (Fsp3) is 0.938. The molecule has 0 aromatic rings. The zero-order valence-electron chi connectivity index (χ0n) is 13.2. The molecule has 116 valence electrons. The molecule has 1 aliphatic carbocycles. The first kappa shape index (κ1) is 15.8. The van der Waals surface area contributed by atoms with Gasteiger partial charge < -0.3 is 10.6 Å². The molecule has 0 spiro atoms. The quantitative estimate of drug-likeness (QED) is 0.836. The minimum Gasteiger partial charge on any atom is -0.341 e. The molecule has 3 unspecified atom stereocenters. The van der Waals surface area contributed by atoms with Crippen molar-refractivity contribution < 1.29 is 4.79 Å². The molecular formula is C16H31N3O. The molecule has 20 heavy (non-hydrogen) atoms. The van der Waals surface area contributed by atoms with Gasteiger partial charge in [-0.05, 0) is 51.6 Å². The van der Waals surface area contributed by atoms with Crippen LogP contribution >= 0.6 is 0 Å². The van der Waals surface area contributed by atoms with Crippen molar-refractivity contribution in [1.29, 1.82) is 0 Å². The zero-order chi connectivity index (χ0) is 14.5. The molecule has 1 saturated carbocycles. The standard InChI is InChI=1S/C16H31N3O/c1-3-19(15-9-5-4-8-14(15)12-17)13(2)16(20)18-10-6-7-11-18/h13-15H,3-12,17H2,1-2H3. The Morgan fingerprint density at radius 1 is 1.25 bits per heavy atom. The number of likely N-dealkylation sites (N-methyl/N-ethyl adjacent to an activating group) is 1. The second kappa shape index (κ2) is 7.41. The Kier molecular flexibility index (Phi) is 5.85. The molecule has 0 aromatic carbocycles. The molecule has 0 aromatic heterocycles. The van der Waals surface area contributed by atoms with Gasteiger partial charge >= 0.3 is 0 Å². The lowest BCUT2D eigenvalue weighted by atomic mass is 9.83. The average molecular weight is 281 g/mol. The van der Waals surface area contributed by atoms with Gasteiger partial charge in [0.15, 0.2) is 0 Å². The maximum absolute atomic E-state index is 12.6. The molecule has 0 radical (unpaired) electrons. The maximum atomic E-state index is 12.6. The van der Waals surface area contributed by atoms with E-state index in [1.165, 1.54) is 38.5 Å². The van der Waals surface area contributed by atoms with Crippen molar-refractivity contribution in [3.8, 4) is 0 Å². The Labute approximate surface area is 123 Å². The van der Waals surface area contributed by atoms with Crippen LogP contribution in [0.5, 0.6) is 0 Å². The van der Waals surface area contributed by atoms with Crippen LogP contribution in [0.15, 0.2) is 0 Å². The predicted octanol–water partition coefficient (Wildman–Crippen LogP) is 1.84. The summed E-state index contributed by atoms with van der Waals surface area (Å²) in [7, 11) is 0. The second-order valence-corrected chi connectivity index (χ2v) is 6.39. The number of likely N-dealkylation sites (tertiary alicyclic amines) is 1. The fourth-order valence-electron chi connectivity index (χ4n) is 4.04. The van der Waals surface area contributed by atoms with Crippen LogP contribution < -0.4 is 5.73 Å². The summed E-state index contributed by atoms with van der Waals surface area (Å²) in [6, 6.07) is 0.510. The van der Waals surface area contributed by atoms with Gasteiger partial charge in [-0.1, -0.05) is 19.8 Å². The number of rotatable bonds is 5. The highest BCUT2D eigenvalue weighted by molar-refractivity contribution is 5.81. The van der Waals surface area contributed by atoms with E-state index in [4.69, 9.17) is 5.73 Å². The molecule has 1 aliphatic heterocycles. The van der Waals surface area contributed by atoms with Gasteiger partial charge in [-0.15, -0.1) is 0 Å². The number of nitrogens with zero attached hydrogens (tertiary/aromatic N) is 2. The molecule has 3 atom stereocenters. The zero-order valence-corrected chi connectivity index (χ0v) is 13.2. The molecule has 1 amide bonds. The van der Waals surface area contributed by atoms with E-state index < -0.39 is 0 Å². The Morgan fingerprint density at radius 3 is 2.50 bits per heavy atom. The number of hydrogen-bond acceptors (Lipinski definition) is 3.